The fourth-order valence-corrected chi connectivity index (χ4v) is 3.68. The van der Waals surface area contributed by atoms with Gasteiger partial charge in [0.2, 0.25) is 11.8 Å². The van der Waals surface area contributed by atoms with Gasteiger partial charge in [0.05, 0.1) is 6.10 Å². The van der Waals surface area contributed by atoms with E-state index >= 15 is 0 Å². The minimum absolute atomic E-state index is 0.131. The maximum atomic E-state index is 11.9. The van der Waals surface area contributed by atoms with Gasteiger partial charge in [-0.3, -0.25) is 9.59 Å². The lowest BCUT2D eigenvalue weighted by atomic mass is 10.3. The van der Waals surface area contributed by atoms with Crippen LogP contribution in [0.5, 0.6) is 0 Å². The number of hydrogen-bond acceptors (Lipinski definition) is 7. The largest absolute Gasteiger partial charge is 0.480 e. The van der Waals surface area contributed by atoms with Gasteiger partial charge in [-0.1, -0.05) is 21.6 Å². The first-order chi connectivity index (χ1) is 10.6. The summed E-state index contributed by atoms with van der Waals surface area (Å²) in [4.78, 5) is 44.9. The molecule has 132 valence electrons. The Hall–Kier alpha value is -1.42. The van der Waals surface area contributed by atoms with Crippen LogP contribution >= 0.6 is 21.6 Å². The van der Waals surface area contributed by atoms with Gasteiger partial charge in [0.15, 0.2) is 0 Å². The van der Waals surface area contributed by atoms with E-state index in [1.165, 1.54) is 35.4 Å². The second-order valence-electron chi connectivity index (χ2n) is 4.90. The van der Waals surface area contributed by atoms with Crippen LogP contribution in [0.1, 0.15) is 27.7 Å². The lowest BCUT2D eigenvalue weighted by Crippen LogP contribution is -2.43. The van der Waals surface area contributed by atoms with Gasteiger partial charge < -0.3 is 20.5 Å². The molecule has 2 amide bonds. The highest BCUT2D eigenvalue weighted by Crippen LogP contribution is 2.23. The van der Waals surface area contributed by atoms with E-state index in [0.717, 1.165) is 0 Å². The Morgan fingerprint density at radius 1 is 0.957 bits per heavy atom. The molecule has 8 nitrogen and oxygen atoms in total. The van der Waals surface area contributed by atoms with Crippen molar-refractivity contribution in [2.75, 3.05) is 11.5 Å². The number of carbonyl (C=O) groups is 4. The Morgan fingerprint density at radius 3 is 1.78 bits per heavy atom. The Morgan fingerprint density at radius 2 is 1.39 bits per heavy atom. The molecule has 2 atom stereocenters. The molecule has 0 aromatic rings. The molecule has 0 rings (SSSR count). The van der Waals surface area contributed by atoms with Crippen molar-refractivity contribution in [1.29, 1.82) is 0 Å². The summed E-state index contributed by atoms with van der Waals surface area (Å²) < 4.78 is 5.05. The monoisotopic (exact) mass is 366 g/mol. The number of esters is 1. The van der Waals surface area contributed by atoms with Gasteiger partial charge in [-0.25, -0.2) is 9.59 Å². The predicted octanol–water partition coefficient (Wildman–Crippen LogP) is 0.413. The quantitative estimate of drug-likeness (QED) is 0.289. The molecule has 0 heterocycles. The molecule has 3 N–H and O–H groups in total. The van der Waals surface area contributed by atoms with Crippen LogP contribution in [-0.4, -0.2) is 58.6 Å². The molecule has 0 aromatic heterocycles. The summed E-state index contributed by atoms with van der Waals surface area (Å²) in [6.07, 6.45) is -0.299. The summed E-state index contributed by atoms with van der Waals surface area (Å²) in [5.74, 6) is -2.11. The Kier molecular flexibility index (Phi) is 10.5. The first-order valence-electron chi connectivity index (χ1n) is 6.85. The van der Waals surface area contributed by atoms with Gasteiger partial charge in [-0.2, -0.15) is 0 Å². The van der Waals surface area contributed by atoms with Crippen LogP contribution in [0.15, 0.2) is 0 Å². The number of carbonyl (C=O) groups excluding carboxylic acids is 3. The predicted molar refractivity (Wildman–Crippen MR) is 89.0 cm³/mol. The van der Waals surface area contributed by atoms with E-state index in [9.17, 15) is 19.2 Å². The molecule has 23 heavy (non-hydrogen) atoms. The van der Waals surface area contributed by atoms with Gasteiger partial charge in [-0.15, -0.1) is 0 Å². The van der Waals surface area contributed by atoms with E-state index in [4.69, 9.17) is 9.84 Å². The van der Waals surface area contributed by atoms with Gasteiger partial charge in [0.1, 0.15) is 12.1 Å². The minimum atomic E-state index is -1.13. The minimum Gasteiger partial charge on any atom is -0.480 e. The number of aliphatic carboxylic acids is 1. The van der Waals surface area contributed by atoms with Crippen molar-refractivity contribution in [2.45, 2.75) is 45.9 Å². The van der Waals surface area contributed by atoms with Crippen LogP contribution in [-0.2, 0) is 23.9 Å². The van der Waals surface area contributed by atoms with E-state index in [2.05, 4.69) is 10.6 Å². The first-order valence-corrected chi connectivity index (χ1v) is 9.34. The second kappa shape index (κ2) is 11.2. The van der Waals surface area contributed by atoms with E-state index in [0.29, 0.717) is 0 Å². The van der Waals surface area contributed by atoms with Crippen molar-refractivity contribution in [3.8, 4) is 0 Å². The zero-order valence-corrected chi connectivity index (χ0v) is 15.1. The van der Waals surface area contributed by atoms with E-state index < -0.39 is 29.9 Å². The number of carboxylic acids is 1. The van der Waals surface area contributed by atoms with E-state index in [-0.39, 0.29) is 23.5 Å². The van der Waals surface area contributed by atoms with E-state index in [1.54, 1.807) is 13.8 Å². The molecule has 0 saturated carbocycles. The topological polar surface area (TPSA) is 122 Å². The third kappa shape index (κ3) is 10.9. The molecule has 0 saturated heterocycles. The third-order valence-electron chi connectivity index (χ3n) is 2.24. The Balaban J connectivity index is 4.39. The first kappa shape index (κ1) is 21.6. The molecule has 10 heteroatoms. The summed E-state index contributed by atoms with van der Waals surface area (Å²) in [6, 6.07) is -1.82. The fourth-order valence-electron chi connectivity index (χ4n) is 1.38. The van der Waals surface area contributed by atoms with E-state index in [1.807, 2.05) is 0 Å². The van der Waals surface area contributed by atoms with Crippen LogP contribution in [0.3, 0.4) is 0 Å². The molecule has 0 aliphatic carbocycles. The van der Waals surface area contributed by atoms with Crippen molar-refractivity contribution in [3.63, 3.8) is 0 Å². The molecular weight excluding hydrogens is 344 g/mol. The molecule has 0 spiro atoms. The van der Waals surface area contributed by atoms with Crippen molar-refractivity contribution in [2.24, 2.45) is 0 Å². The van der Waals surface area contributed by atoms with Crippen LogP contribution in [0.4, 0.5) is 0 Å². The van der Waals surface area contributed by atoms with Crippen molar-refractivity contribution >= 4 is 45.3 Å². The number of amides is 2. The molecule has 2 unspecified atom stereocenters. The van der Waals surface area contributed by atoms with Crippen LogP contribution in [0.2, 0.25) is 0 Å². The zero-order chi connectivity index (χ0) is 18.0. The van der Waals surface area contributed by atoms with Gasteiger partial charge in [-0.05, 0) is 13.8 Å². The normalized spacial score (nSPS) is 13.1. The number of rotatable bonds is 10. The maximum absolute atomic E-state index is 11.9. The summed E-state index contributed by atoms with van der Waals surface area (Å²) in [5, 5.41) is 13.8. The Bertz CT molecular complexity index is 444. The van der Waals surface area contributed by atoms with Crippen molar-refractivity contribution in [3.05, 3.63) is 0 Å². The van der Waals surface area contributed by atoms with Crippen molar-refractivity contribution < 1.29 is 29.0 Å². The maximum Gasteiger partial charge on any atom is 0.329 e. The molecule has 0 aromatic carbocycles. The van der Waals surface area contributed by atoms with Crippen LogP contribution < -0.4 is 10.6 Å². The molecule has 0 fully saturated rings. The van der Waals surface area contributed by atoms with Gasteiger partial charge in [0.25, 0.3) is 0 Å². The summed E-state index contributed by atoms with van der Waals surface area (Å²) in [5.41, 5.74) is 0. The number of ether oxygens (including phenoxy) is 1. The highest BCUT2D eigenvalue weighted by Gasteiger charge is 2.23. The molecule has 0 aliphatic heterocycles. The number of carboxylic acid groups (broad SMARTS) is 1. The SMILES string of the molecule is CC(=O)NC(CSSCC(NC(C)=O)C(=O)OC(C)C)C(=O)O. The summed E-state index contributed by atoms with van der Waals surface area (Å²) >= 11 is 0. The lowest BCUT2D eigenvalue weighted by Gasteiger charge is -2.18. The highest BCUT2D eigenvalue weighted by atomic mass is 33.1. The van der Waals surface area contributed by atoms with Gasteiger partial charge >= 0.3 is 11.9 Å². The standard InChI is InChI=1S/C13H22N2O6S2/c1-7(2)21-13(20)11(15-9(4)17)6-23-22-5-10(12(18)19)14-8(3)16/h7,10-11H,5-6H2,1-4H3,(H,14,16)(H,15,17)(H,18,19). The van der Waals surface area contributed by atoms with Crippen molar-refractivity contribution in [1.82, 2.24) is 10.6 Å². The highest BCUT2D eigenvalue weighted by molar-refractivity contribution is 8.76. The Labute approximate surface area is 142 Å². The second-order valence-corrected chi connectivity index (χ2v) is 7.45. The number of hydrogen-bond donors (Lipinski definition) is 3. The summed E-state index contributed by atoms with van der Waals surface area (Å²) in [7, 11) is 2.40. The smallest absolute Gasteiger partial charge is 0.329 e. The summed E-state index contributed by atoms with van der Waals surface area (Å²) in [6.45, 7) is 5.94. The molecule has 0 radical (unpaired) electrons. The lowest BCUT2D eigenvalue weighted by molar-refractivity contribution is -0.150. The molecular formula is C13H22N2O6S2. The molecule has 0 bridgehead atoms. The molecule has 0 aliphatic rings. The number of nitrogens with one attached hydrogen (secondary N) is 2. The van der Waals surface area contributed by atoms with Crippen LogP contribution in [0, 0.1) is 0 Å². The zero-order valence-electron chi connectivity index (χ0n) is 13.5. The van der Waals surface area contributed by atoms with Gasteiger partial charge in [0, 0.05) is 25.4 Å². The average Bonchev–Trinajstić information content (AvgIpc) is 2.38. The average molecular weight is 366 g/mol. The van der Waals surface area contributed by atoms with Crippen LogP contribution in [0.25, 0.3) is 0 Å². The fraction of sp³-hybridized carbons (Fsp3) is 0.692. The third-order valence-corrected chi connectivity index (χ3v) is 4.66.